The van der Waals surface area contributed by atoms with Gasteiger partial charge in [0.25, 0.3) is 5.91 Å². The van der Waals surface area contributed by atoms with Gasteiger partial charge in [0.05, 0.1) is 11.3 Å². The maximum Gasteiger partial charge on any atom is 0.299 e. The minimum absolute atomic E-state index is 0.101. The number of nitrogens with zero attached hydrogens (tertiary/aromatic N) is 2. The third-order valence-corrected chi connectivity index (χ3v) is 3.11. The second kappa shape index (κ2) is 5.52. The zero-order chi connectivity index (χ0) is 14.7. The number of carbonyl (C=O) groups is 1. The summed E-state index contributed by atoms with van der Waals surface area (Å²) in [5.41, 5.74) is 2.05. The first-order chi connectivity index (χ1) is 9.50. The van der Waals surface area contributed by atoms with Crippen molar-refractivity contribution in [3.8, 4) is 11.5 Å². The van der Waals surface area contributed by atoms with E-state index in [1.54, 1.807) is 32.0 Å². The standard InChI is InChI=1S/C15H14N2O3/c1-9-10(2)13(18)8-7-12(9)16-17-15(20)11-5-3-4-6-14(11)19/h3-8,18-19H,1-2H3. The van der Waals surface area contributed by atoms with Crippen LogP contribution in [0, 0.1) is 13.8 Å². The van der Waals surface area contributed by atoms with E-state index in [2.05, 4.69) is 10.2 Å². The fraction of sp³-hybridized carbons (Fsp3) is 0.133. The second-order valence-corrected chi connectivity index (χ2v) is 4.38. The Balaban J connectivity index is 2.29. The first-order valence-electron chi connectivity index (χ1n) is 6.04. The van der Waals surface area contributed by atoms with Gasteiger partial charge in [0.2, 0.25) is 0 Å². The van der Waals surface area contributed by atoms with Gasteiger partial charge in [-0.3, -0.25) is 4.79 Å². The Morgan fingerprint density at radius 3 is 2.35 bits per heavy atom. The molecule has 0 atom stereocenters. The number of hydrogen-bond acceptors (Lipinski definition) is 4. The summed E-state index contributed by atoms with van der Waals surface area (Å²) in [5.74, 6) is -0.572. The lowest BCUT2D eigenvalue weighted by Crippen LogP contribution is -1.93. The molecule has 2 aromatic carbocycles. The van der Waals surface area contributed by atoms with Gasteiger partial charge >= 0.3 is 0 Å². The van der Waals surface area contributed by atoms with Crippen molar-refractivity contribution in [1.82, 2.24) is 0 Å². The number of phenolic OH excluding ortho intramolecular Hbond substituents is 2. The van der Waals surface area contributed by atoms with Crippen molar-refractivity contribution in [1.29, 1.82) is 0 Å². The van der Waals surface area contributed by atoms with Crippen molar-refractivity contribution < 1.29 is 15.0 Å². The van der Waals surface area contributed by atoms with E-state index in [4.69, 9.17) is 0 Å². The van der Waals surface area contributed by atoms with Gasteiger partial charge in [-0.25, -0.2) is 0 Å². The van der Waals surface area contributed by atoms with E-state index >= 15 is 0 Å². The van der Waals surface area contributed by atoms with Crippen LogP contribution in [0.1, 0.15) is 21.5 Å². The van der Waals surface area contributed by atoms with Crippen molar-refractivity contribution in [2.45, 2.75) is 13.8 Å². The predicted octanol–water partition coefficient (Wildman–Crippen LogP) is 3.64. The fourth-order valence-corrected chi connectivity index (χ4v) is 1.71. The Labute approximate surface area is 116 Å². The lowest BCUT2D eigenvalue weighted by atomic mass is 10.1. The topological polar surface area (TPSA) is 82.2 Å². The number of hydrogen-bond donors (Lipinski definition) is 2. The number of benzene rings is 2. The maximum absolute atomic E-state index is 11.8. The molecule has 0 fully saturated rings. The predicted molar refractivity (Wildman–Crippen MR) is 74.5 cm³/mol. The third kappa shape index (κ3) is 2.66. The average Bonchev–Trinajstić information content (AvgIpc) is 2.44. The summed E-state index contributed by atoms with van der Waals surface area (Å²) in [7, 11) is 0. The molecule has 0 aromatic heterocycles. The molecule has 0 aliphatic heterocycles. The molecule has 0 aliphatic rings. The highest BCUT2D eigenvalue weighted by Crippen LogP contribution is 2.28. The highest BCUT2D eigenvalue weighted by atomic mass is 16.3. The molecule has 0 saturated carbocycles. The van der Waals surface area contributed by atoms with Crippen LogP contribution in [0.25, 0.3) is 0 Å². The van der Waals surface area contributed by atoms with Crippen LogP contribution < -0.4 is 0 Å². The Morgan fingerprint density at radius 2 is 1.65 bits per heavy atom. The van der Waals surface area contributed by atoms with Gasteiger partial charge < -0.3 is 10.2 Å². The molecule has 2 rings (SSSR count). The molecule has 0 radical (unpaired) electrons. The zero-order valence-corrected chi connectivity index (χ0v) is 11.2. The molecule has 20 heavy (non-hydrogen) atoms. The molecule has 0 aliphatic carbocycles. The smallest absolute Gasteiger partial charge is 0.299 e. The van der Waals surface area contributed by atoms with E-state index in [0.717, 1.165) is 5.56 Å². The molecule has 0 bridgehead atoms. The maximum atomic E-state index is 11.8. The molecule has 1 amide bonds. The zero-order valence-electron chi connectivity index (χ0n) is 11.2. The van der Waals surface area contributed by atoms with E-state index < -0.39 is 5.91 Å². The highest BCUT2D eigenvalue weighted by molar-refractivity contribution is 5.97. The average molecular weight is 270 g/mol. The monoisotopic (exact) mass is 270 g/mol. The van der Waals surface area contributed by atoms with E-state index in [0.29, 0.717) is 11.3 Å². The summed E-state index contributed by atoms with van der Waals surface area (Å²) >= 11 is 0. The van der Waals surface area contributed by atoms with Crippen LogP contribution in [0.3, 0.4) is 0 Å². The van der Waals surface area contributed by atoms with Crippen LogP contribution in [-0.2, 0) is 0 Å². The Hall–Kier alpha value is -2.69. The van der Waals surface area contributed by atoms with Gasteiger partial charge in [-0.2, -0.15) is 0 Å². The van der Waals surface area contributed by atoms with Gasteiger partial charge in [0, 0.05) is 0 Å². The summed E-state index contributed by atoms with van der Waals surface area (Å²) in [6.45, 7) is 3.54. The molecule has 0 heterocycles. The van der Waals surface area contributed by atoms with Crippen LogP contribution in [0.4, 0.5) is 5.69 Å². The Morgan fingerprint density at radius 1 is 0.950 bits per heavy atom. The minimum atomic E-state index is -0.617. The third-order valence-electron chi connectivity index (χ3n) is 3.11. The summed E-state index contributed by atoms with van der Waals surface area (Å²) in [5, 5.41) is 26.6. The van der Waals surface area contributed by atoms with Crippen LogP contribution in [0.2, 0.25) is 0 Å². The SMILES string of the molecule is Cc1c(O)ccc(N=NC(=O)c2ccccc2O)c1C. The summed E-state index contributed by atoms with van der Waals surface area (Å²) in [6.07, 6.45) is 0. The van der Waals surface area contributed by atoms with Crippen LogP contribution >= 0.6 is 0 Å². The minimum Gasteiger partial charge on any atom is -0.508 e. The molecule has 2 N–H and O–H groups in total. The van der Waals surface area contributed by atoms with Gasteiger partial charge in [0.1, 0.15) is 11.5 Å². The Kier molecular flexibility index (Phi) is 3.79. The normalized spacial score (nSPS) is 10.9. The molecule has 5 heteroatoms. The van der Waals surface area contributed by atoms with Crippen molar-refractivity contribution in [2.24, 2.45) is 10.2 Å². The number of carbonyl (C=O) groups excluding carboxylic acids is 1. The number of aromatic hydroxyl groups is 2. The summed E-state index contributed by atoms with van der Waals surface area (Å²) in [6, 6.07) is 9.24. The van der Waals surface area contributed by atoms with Gasteiger partial charge in [-0.1, -0.05) is 12.1 Å². The van der Waals surface area contributed by atoms with Crippen molar-refractivity contribution in [3.05, 3.63) is 53.1 Å². The highest BCUT2D eigenvalue weighted by Gasteiger charge is 2.10. The number of rotatable bonds is 2. The molecule has 0 spiro atoms. The van der Waals surface area contributed by atoms with Gasteiger partial charge in [-0.05, 0) is 49.2 Å². The van der Waals surface area contributed by atoms with Crippen LogP contribution in [-0.4, -0.2) is 16.1 Å². The molecule has 0 saturated heterocycles. The van der Waals surface area contributed by atoms with Gasteiger partial charge in [0.15, 0.2) is 0 Å². The molecular formula is C15H14N2O3. The summed E-state index contributed by atoms with van der Waals surface area (Å²) < 4.78 is 0. The van der Waals surface area contributed by atoms with Crippen LogP contribution in [0.5, 0.6) is 11.5 Å². The first-order valence-corrected chi connectivity index (χ1v) is 6.04. The first kappa shape index (κ1) is 13.7. The number of amides is 1. The van der Waals surface area contributed by atoms with Gasteiger partial charge in [-0.15, -0.1) is 10.2 Å². The fourth-order valence-electron chi connectivity index (χ4n) is 1.71. The quantitative estimate of drug-likeness (QED) is 0.817. The van der Waals surface area contributed by atoms with Crippen LogP contribution in [0.15, 0.2) is 46.6 Å². The number of azo groups is 1. The van der Waals surface area contributed by atoms with E-state index in [9.17, 15) is 15.0 Å². The van der Waals surface area contributed by atoms with E-state index in [1.165, 1.54) is 18.2 Å². The molecule has 5 nitrogen and oxygen atoms in total. The molecule has 102 valence electrons. The van der Waals surface area contributed by atoms with E-state index in [-0.39, 0.29) is 17.1 Å². The van der Waals surface area contributed by atoms with Crippen molar-refractivity contribution >= 4 is 11.6 Å². The lowest BCUT2D eigenvalue weighted by Gasteiger charge is -2.05. The second-order valence-electron chi connectivity index (χ2n) is 4.38. The molecule has 2 aromatic rings. The number of phenols is 2. The summed E-state index contributed by atoms with van der Waals surface area (Å²) in [4.78, 5) is 11.8. The molecule has 0 unspecified atom stereocenters. The largest absolute Gasteiger partial charge is 0.508 e. The Bertz CT molecular complexity index is 694. The molecular weight excluding hydrogens is 256 g/mol. The lowest BCUT2D eigenvalue weighted by molar-refractivity contribution is 0.0992. The van der Waals surface area contributed by atoms with E-state index in [1.807, 2.05) is 0 Å². The number of para-hydroxylation sites is 1. The van der Waals surface area contributed by atoms with Crippen molar-refractivity contribution in [3.63, 3.8) is 0 Å². The van der Waals surface area contributed by atoms with Crippen molar-refractivity contribution in [2.75, 3.05) is 0 Å².